The van der Waals surface area contributed by atoms with Crippen molar-refractivity contribution in [3.05, 3.63) is 101 Å². The van der Waals surface area contributed by atoms with E-state index >= 15 is 0 Å². The van der Waals surface area contributed by atoms with Crippen molar-refractivity contribution in [3.63, 3.8) is 0 Å². The molecule has 4 aromatic rings. The second-order valence-corrected chi connectivity index (χ2v) is 8.43. The van der Waals surface area contributed by atoms with Crippen molar-refractivity contribution in [2.24, 2.45) is 0 Å². The van der Waals surface area contributed by atoms with Crippen LogP contribution in [0.3, 0.4) is 0 Å². The first-order valence-electron chi connectivity index (χ1n) is 11.8. The van der Waals surface area contributed by atoms with E-state index in [1.165, 1.54) is 0 Å². The Balaban J connectivity index is 1.51. The number of nitrogens with one attached hydrogen (secondary N) is 2. The number of carbonyl (C=O) groups excluding carboxylic acids is 1. The van der Waals surface area contributed by atoms with Gasteiger partial charge in [-0.15, -0.1) is 0 Å². The van der Waals surface area contributed by atoms with Gasteiger partial charge in [0.15, 0.2) is 0 Å². The van der Waals surface area contributed by atoms with E-state index in [0.717, 1.165) is 33.8 Å². The maximum Gasteiger partial charge on any atom is 0.251 e. The predicted molar refractivity (Wildman–Crippen MR) is 140 cm³/mol. The number of hydrogen-bond donors (Lipinski definition) is 2. The molecule has 4 rings (SSSR count). The molecule has 1 atom stereocenters. The summed E-state index contributed by atoms with van der Waals surface area (Å²) in [5, 5.41) is 6.41. The summed E-state index contributed by atoms with van der Waals surface area (Å²) < 4.78 is 5.76. The lowest BCUT2D eigenvalue weighted by molar-refractivity contribution is 0.0939. The molecule has 0 radical (unpaired) electrons. The van der Waals surface area contributed by atoms with Crippen LogP contribution in [0, 0.1) is 13.8 Å². The van der Waals surface area contributed by atoms with Gasteiger partial charge in [-0.2, -0.15) is 0 Å². The molecule has 6 heteroatoms. The van der Waals surface area contributed by atoms with E-state index in [1.807, 2.05) is 94.4 Å². The number of rotatable bonds is 8. The highest BCUT2D eigenvalue weighted by Crippen LogP contribution is 2.27. The molecule has 1 amide bonds. The molecule has 0 spiro atoms. The van der Waals surface area contributed by atoms with E-state index in [-0.39, 0.29) is 11.9 Å². The number of hydrogen-bond acceptors (Lipinski definition) is 5. The molecule has 0 aliphatic carbocycles. The van der Waals surface area contributed by atoms with E-state index in [9.17, 15) is 4.79 Å². The average molecular weight is 467 g/mol. The van der Waals surface area contributed by atoms with Gasteiger partial charge in [0.25, 0.3) is 5.91 Å². The topological polar surface area (TPSA) is 76.1 Å². The molecule has 35 heavy (non-hydrogen) atoms. The molecule has 1 heterocycles. The van der Waals surface area contributed by atoms with Gasteiger partial charge >= 0.3 is 0 Å². The molecular formula is C29H30N4O2. The van der Waals surface area contributed by atoms with Crippen molar-refractivity contribution in [2.45, 2.75) is 33.7 Å². The van der Waals surface area contributed by atoms with Crippen molar-refractivity contribution in [3.8, 4) is 17.0 Å². The quantitative estimate of drug-likeness (QED) is 0.314. The normalized spacial score (nSPS) is 11.5. The Bertz CT molecular complexity index is 1320. The summed E-state index contributed by atoms with van der Waals surface area (Å²) in [6.07, 6.45) is 0. The predicted octanol–water partition coefficient (Wildman–Crippen LogP) is 6.39. The van der Waals surface area contributed by atoms with Crippen LogP contribution in [0.15, 0.2) is 78.9 Å². The Hall–Kier alpha value is -4.19. The number of aryl methyl sites for hydroxylation is 2. The zero-order chi connectivity index (χ0) is 24.8. The van der Waals surface area contributed by atoms with Gasteiger partial charge in [0.1, 0.15) is 17.4 Å². The fourth-order valence-corrected chi connectivity index (χ4v) is 3.93. The first kappa shape index (κ1) is 24.0. The highest BCUT2D eigenvalue weighted by molar-refractivity contribution is 5.95. The molecule has 1 aromatic heterocycles. The van der Waals surface area contributed by atoms with Crippen molar-refractivity contribution in [1.29, 1.82) is 0 Å². The summed E-state index contributed by atoms with van der Waals surface area (Å²) >= 11 is 0. The van der Waals surface area contributed by atoms with Crippen LogP contribution in [0.1, 0.15) is 47.2 Å². The zero-order valence-corrected chi connectivity index (χ0v) is 20.5. The van der Waals surface area contributed by atoms with Crippen molar-refractivity contribution >= 4 is 17.4 Å². The van der Waals surface area contributed by atoms with E-state index in [2.05, 4.69) is 26.7 Å². The molecule has 0 aliphatic heterocycles. The summed E-state index contributed by atoms with van der Waals surface area (Å²) in [4.78, 5) is 22.1. The Morgan fingerprint density at radius 1 is 0.943 bits per heavy atom. The number of aromatic nitrogens is 2. The smallest absolute Gasteiger partial charge is 0.251 e. The molecular weight excluding hydrogens is 436 g/mol. The second-order valence-electron chi connectivity index (χ2n) is 8.43. The van der Waals surface area contributed by atoms with E-state index in [4.69, 9.17) is 4.74 Å². The lowest BCUT2D eigenvalue weighted by Gasteiger charge is -2.19. The second kappa shape index (κ2) is 10.8. The standard InChI is InChI=1S/C29H30N4O2/c1-5-35-27-15-14-19(2)16-25(27)20(3)30-29(34)23-12-9-13-24(17-23)33-28-18-26(31-21(4)32-28)22-10-7-6-8-11-22/h6-18,20H,5H2,1-4H3,(H,30,34)(H,31,32,33). The van der Waals surface area contributed by atoms with Crippen LogP contribution >= 0.6 is 0 Å². The van der Waals surface area contributed by atoms with Gasteiger partial charge in [-0.1, -0.05) is 54.1 Å². The van der Waals surface area contributed by atoms with Crippen molar-refractivity contribution in [1.82, 2.24) is 15.3 Å². The number of ether oxygens (including phenoxy) is 1. The molecule has 0 saturated carbocycles. The third-order valence-electron chi connectivity index (χ3n) is 5.58. The Labute approximate surface area is 206 Å². The van der Waals surface area contributed by atoms with Crippen LogP contribution in [-0.2, 0) is 0 Å². The number of amides is 1. The third-order valence-corrected chi connectivity index (χ3v) is 5.58. The molecule has 1 unspecified atom stereocenters. The minimum atomic E-state index is -0.210. The molecule has 0 saturated heterocycles. The molecule has 0 aliphatic rings. The van der Waals surface area contributed by atoms with Crippen molar-refractivity contribution in [2.75, 3.05) is 11.9 Å². The maximum atomic E-state index is 13.1. The van der Waals surface area contributed by atoms with Gasteiger partial charge in [0.05, 0.1) is 18.3 Å². The highest BCUT2D eigenvalue weighted by atomic mass is 16.5. The van der Waals surface area contributed by atoms with E-state index < -0.39 is 0 Å². The molecule has 0 bridgehead atoms. The van der Waals surface area contributed by atoms with Crippen LogP contribution in [0.2, 0.25) is 0 Å². The fourth-order valence-electron chi connectivity index (χ4n) is 3.93. The molecule has 3 aromatic carbocycles. The highest BCUT2D eigenvalue weighted by Gasteiger charge is 2.16. The SMILES string of the molecule is CCOc1ccc(C)cc1C(C)NC(=O)c1cccc(Nc2cc(-c3ccccc3)nc(C)n2)c1. The summed E-state index contributed by atoms with van der Waals surface area (Å²) in [5.41, 5.74) is 5.26. The van der Waals surface area contributed by atoms with Gasteiger partial charge in [-0.25, -0.2) is 9.97 Å². The van der Waals surface area contributed by atoms with E-state index in [1.54, 1.807) is 6.07 Å². The van der Waals surface area contributed by atoms with Gasteiger partial charge in [0.2, 0.25) is 0 Å². The first-order chi connectivity index (χ1) is 16.9. The number of benzene rings is 3. The lowest BCUT2D eigenvalue weighted by Crippen LogP contribution is -2.27. The minimum Gasteiger partial charge on any atom is -0.494 e. The Kier molecular flexibility index (Phi) is 7.41. The van der Waals surface area contributed by atoms with Gasteiger partial charge in [0, 0.05) is 28.4 Å². The Morgan fingerprint density at radius 3 is 2.51 bits per heavy atom. The van der Waals surface area contributed by atoms with Crippen LogP contribution in [0.5, 0.6) is 5.75 Å². The van der Waals surface area contributed by atoms with Crippen LogP contribution < -0.4 is 15.4 Å². The maximum absolute atomic E-state index is 13.1. The largest absolute Gasteiger partial charge is 0.494 e. The third kappa shape index (κ3) is 6.03. The number of nitrogens with zero attached hydrogens (tertiary/aromatic N) is 2. The van der Waals surface area contributed by atoms with Gasteiger partial charge in [-0.05, 0) is 52.0 Å². The number of carbonyl (C=O) groups is 1. The van der Waals surface area contributed by atoms with Gasteiger partial charge in [-0.3, -0.25) is 4.79 Å². The van der Waals surface area contributed by atoms with Crippen LogP contribution in [0.25, 0.3) is 11.3 Å². The van der Waals surface area contributed by atoms with Crippen molar-refractivity contribution < 1.29 is 9.53 Å². The summed E-state index contributed by atoms with van der Waals surface area (Å²) in [6.45, 7) is 8.38. The minimum absolute atomic E-state index is 0.158. The summed E-state index contributed by atoms with van der Waals surface area (Å²) in [7, 11) is 0. The zero-order valence-electron chi connectivity index (χ0n) is 20.5. The summed E-state index contributed by atoms with van der Waals surface area (Å²) in [5.74, 6) is 1.96. The fraction of sp³-hybridized carbons (Fsp3) is 0.207. The molecule has 6 nitrogen and oxygen atoms in total. The molecule has 178 valence electrons. The van der Waals surface area contributed by atoms with Crippen LogP contribution in [-0.4, -0.2) is 22.5 Å². The average Bonchev–Trinajstić information content (AvgIpc) is 2.85. The van der Waals surface area contributed by atoms with E-state index in [0.29, 0.717) is 23.8 Å². The van der Waals surface area contributed by atoms with Gasteiger partial charge < -0.3 is 15.4 Å². The summed E-state index contributed by atoms with van der Waals surface area (Å²) in [6, 6.07) is 25.1. The lowest BCUT2D eigenvalue weighted by atomic mass is 10.0. The monoisotopic (exact) mass is 466 g/mol. The number of anilines is 2. The molecule has 2 N–H and O–H groups in total. The van der Waals surface area contributed by atoms with Crippen LogP contribution in [0.4, 0.5) is 11.5 Å². The Morgan fingerprint density at radius 2 is 1.74 bits per heavy atom. The molecule has 0 fully saturated rings. The first-order valence-corrected chi connectivity index (χ1v) is 11.8.